The number of benzene rings is 2. The van der Waals surface area contributed by atoms with Gasteiger partial charge >= 0.3 is 0 Å². The molecule has 1 unspecified atom stereocenters. The first-order valence-corrected chi connectivity index (χ1v) is 6.18. The van der Waals surface area contributed by atoms with E-state index in [1.54, 1.807) is 0 Å². The molecule has 3 N–H and O–H groups in total. The predicted octanol–water partition coefficient (Wildman–Crippen LogP) is 3.85. The fourth-order valence-corrected chi connectivity index (χ4v) is 2.33. The van der Waals surface area contributed by atoms with Gasteiger partial charge in [0.25, 0.3) is 0 Å². The van der Waals surface area contributed by atoms with Gasteiger partial charge in [0.1, 0.15) is 0 Å². The first-order valence-electron chi connectivity index (χ1n) is 6.18. The monoisotopic (exact) mass is 236 g/mol. The van der Waals surface area contributed by atoms with Gasteiger partial charge in [0.05, 0.1) is 0 Å². The zero-order chi connectivity index (χ0) is 12.5. The van der Waals surface area contributed by atoms with Gasteiger partial charge in [-0.2, -0.15) is 0 Å². The van der Waals surface area contributed by atoms with Crippen LogP contribution in [-0.4, -0.2) is 4.98 Å². The summed E-state index contributed by atoms with van der Waals surface area (Å²) in [4.78, 5) is 3.24. The highest BCUT2D eigenvalue weighted by atomic mass is 14.7. The highest BCUT2D eigenvalue weighted by Crippen LogP contribution is 2.29. The largest absolute Gasteiger partial charge is 0.361 e. The Morgan fingerprint density at radius 3 is 2.72 bits per heavy atom. The van der Waals surface area contributed by atoms with Crippen molar-refractivity contribution in [2.45, 2.75) is 13.0 Å². The molecular formula is C16H16N2. The van der Waals surface area contributed by atoms with Gasteiger partial charge in [0.2, 0.25) is 0 Å². The van der Waals surface area contributed by atoms with Crippen molar-refractivity contribution in [3.8, 4) is 11.1 Å². The summed E-state index contributed by atoms with van der Waals surface area (Å²) >= 11 is 0. The van der Waals surface area contributed by atoms with Crippen LogP contribution in [0.3, 0.4) is 0 Å². The summed E-state index contributed by atoms with van der Waals surface area (Å²) in [6.07, 6.45) is 1.98. The van der Waals surface area contributed by atoms with E-state index in [0.29, 0.717) is 0 Å². The lowest BCUT2D eigenvalue weighted by atomic mass is 9.98. The van der Waals surface area contributed by atoms with Crippen LogP contribution in [0.25, 0.3) is 22.0 Å². The normalized spacial score (nSPS) is 12.8. The van der Waals surface area contributed by atoms with Gasteiger partial charge in [-0.15, -0.1) is 0 Å². The van der Waals surface area contributed by atoms with Crippen LogP contribution in [0.5, 0.6) is 0 Å². The Kier molecular flexibility index (Phi) is 2.65. The number of nitrogens with one attached hydrogen (secondary N) is 1. The van der Waals surface area contributed by atoms with E-state index in [1.165, 1.54) is 27.6 Å². The Morgan fingerprint density at radius 1 is 1.06 bits per heavy atom. The molecule has 0 aliphatic rings. The van der Waals surface area contributed by atoms with Crippen molar-refractivity contribution in [1.82, 2.24) is 4.98 Å². The Labute approximate surface area is 106 Å². The second-order valence-corrected chi connectivity index (χ2v) is 4.66. The lowest BCUT2D eigenvalue weighted by Gasteiger charge is -2.09. The molecule has 1 aromatic heterocycles. The molecular weight excluding hydrogens is 220 g/mol. The third kappa shape index (κ3) is 1.81. The van der Waals surface area contributed by atoms with E-state index in [2.05, 4.69) is 53.5 Å². The van der Waals surface area contributed by atoms with Crippen LogP contribution < -0.4 is 5.73 Å². The fraction of sp³-hybridized carbons (Fsp3) is 0.125. The maximum absolute atomic E-state index is 5.95. The van der Waals surface area contributed by atoms with Crippen LogP contribution in [-0.2, 0) is 0 Å². The number of aromatic amines is 1. The number of hydrogen-bond donors (Lipinski definition) is 2. The summed E-state index contributed by atoms with van der Waals surface area (Å²) in [7, 11) is 0. The number of nitrogens with two attached hydrogens (primary N) is 1. The second kappa shape index (κ2) is 4.31. The molecule has 1 heterocycles. The molecule has 0 fully saturated rings. The third-order valence-corrected chi connectivity index (χ3v) is 3.32. The molecule has 2 aromatic carbocycles. The van der Waals surface area contributed by atoms with Gasteiger partial charge in [0.15, 0.2) is 0 Å². The van der Waals surface area contributed by atoms with E-state index < -0.39 is 0 Å². The Balaban J connectivity index is 2.20. The van der Waals surface area contributed by atoms with Crippen molar-refractivity contribution in [2.75, 3.05) is 0 Å². The average Bonchev–Trinajstić information content (AvgIpc) is 2.87. The van der Waals surface area contributed by atoms with Crippen molar-refractivity contribution in [1.29, 1.82) is 0 Å². The highest BCUT2D eigenvalue weighted by Gasteiger charge is 2.06. The number of aromatic nitrogens is 1. The molecule has 1 atom stereocenters. The fourth-order valence-electron chi connectivity index (χ4n) is 2.33. The molecule has 90 valence electrons. The third-order valence-electron chi connectivity index (χ3n) is 3.32. The molecule has 2 nitrogen and oxygen atoms in total. The van der Waals surface area contributed by atoms with Crippen LogP contribution in [0.15, 0.2) is 54.7 Å². The summed E-state index contributed by atoms with van der Waals surface area (Å²) in [5.74, 6) is 0. The second-order valence-electron chi connectivity index (χ2n) is 4.66. The quantitative estimate of drug-likeness (QED) is 0.697. The average molecular weight is 236 g/mol. The molecule has 0 aliphatic heterocycles. The van der Waals surface area contributed by atoms with Crippen LogP contribution >= 0.6 is 0 Å². The van der Waals surface area contributed by atoms with E-state index in [9.17, 15) is 0 Å². The minimum absolute atomic E-state index is 0.0652. The molecule has 0 saturated heterocycles. The number of H-pyrrole nitrogens is 1. The van der Waals surface area contributed by atoms with E-state index in [0.717, 1.165) is 0 Å². The Hall–Kier alpha value is -2.06. The predicted molar refractivity (Wildman–Crippen MR) is 76.3 cm³/mol. The summed E-state index contributed by atoms with van der Waals surface area (Å²) in [6.45, 7) is 2.01. The number of rotatable bonds is 2. The van der Waals surface area contributed by atoms with E-state index in [4.69, 9.17) is 5.73 Å². The molecule has 2 heteroatoms. The van der Waals surface area contributed by atoms with Gasteiger partial charge in [-0.05, 0) is 41.8 Å². The first-order chi connectivity index (χ1) is 8.75. The topological polar surface area (TPSA) is 41.8 Å². The van der Waals surface area contributed by atoms with E-state index >= 15 is 0 Å². The zero-order valence-electron chi connectivity index (χ0n) is 10.4. The molecule has 0 aliphatic carbocycles. The number of hydrogen-bond acceptors (Lipinski definition) is 1. The summed E-state index contributed by atoms with van der Waals surface area (Å²) in [5.41, 5.74) is 10.7. The van der Waals surface area contributed by atoms with Crippen LogP contribution in [0.1, 0.15) is 18.5 Å². The molecule has 18 heavy (non-hydrogen) atoms. The molecule has 3 rings (SSSR count). The molecule has 0 bridgehead atoms. The van der Waals surface area contributed by atoms with Crippen molar-refractivity contribution < 1.29 is 0 Å². The van der Waals surface area contributed by atoms with E-state index in [-0.39, 0.29) is 6.04 Å². The maximum atomic E-state index is 5.95. The SMILES string of the molecule is CC(N)c1cccc(-c2cccc3[nH]ccc23)c1. The summed E-state index contributed by atoms with van der Waals surface area (Å²) < 4.78 is 0. The van der Waals surface area contributed by atoms with Crippen LogP contribution in [0, 0.1) is 0 Å². The molecule has 0 saturated carbocycles. The molecule has 0 spiro atoms. The standard InChI is InChI=1S/C16H16N2/c1-11(17)12-4-2-5-13(10-12)14-6-3-7-16-15(14)8-9-18-16/h2-11,18H,17H2,1H3. The van der Waals surface area contributed by atoms with Gasteiger partial charge in [-0.1, -0.05) is 30.3 Å². The van der Waals surface area contributed by atoms with Crippen molar-refractivity contribution >= 4 is 10.9 Å². The van der Waals surface area contributed by atoms with Crippen molar-refractivity contribution in [3.05, 3.63) is 60.3 Å². The van der Waals surface area contributed by atoms with Crippen molar-refractivity contribution in [2.24, 2.45) is 5.73 Å². The smallest absolute Gasteiger partial charge is 0.0460 e. The van der Waals surface area contributed by atoms with Gasteiger partial charge < -0.3 is 10.7 Å². The van der Waals surface area contributed by atoms with Crippen LogP contribution in [0.2, 0.25) is 0 Å². The zero-order valence-corrected chi connectivity index (χ0v) is 10.4. The maximum Gasteiger partial charge on any atom is 0.0460 e. The molecule has 0 amide bonds. The lowest BCUT2D eigenvalue weighted by Crippen LogP contribution is -2.04. The Morgan fingerprint density at radius 2 is 1.89 bits per heavy atom. The minimum atomic E-state index is 0.0652. The highest BCUT2D eigenvalue weighted by molar-refractivity contribution is 5.95. The molecule has 0 radical (unpaired) electrons. The van der Waals surface area contributed by atoms with E-state index in [1.807, 2.05) is 13.1 Å². The van der Waals surface area contributed by atoms with Gasteiger partial charge in [-0.3, -0.25) is 0 Å². The summed E-state index contributed by atoms with van der Waals surface area (Å²) in [5, 5.41) is 1.25. The number of fused-ring (bicyclic) bond motifs is 1. The van der Waals surface area contributed by atoms with Gasteiger partial charge in [0, 0.05) is 23.1 Å². The summed E-state index contributed by atoms with van der Waals surface area (Å²) in [6, 6.07) is 16.9. The van der Waals surface area contributed by atoms with Crippen molar-refractivity contribution in [3.63, 3.8) is 0 Å². The minimum Gasteiger partial charge on any atom is -0.361 e. The lowest BCUT2D eigenvalue weighted by molar-refractivity contribution is 0.819. The first kappa shape index (κ1) is 11.1. The van der Waals surface area contributed by atoms with Crippen LogP contribution in [0.4, 0.5) is 0 Å². The van der Waals surface area contributed by atoms with Gasteiger partial charge in [-0.25, -0.2) is 0 Å². The molecule has 3 aromatic rings. The Bertz CT molecular complexity index is 680.